The van der Waals surface area contributed by atoms with E-state index in [9.17, 15) is 5.26 Å². The Kier molecular flexibility index (Phi) is 10.1. The fourth-order valence-corrected chi connectivity index (χ4v) is 5.37. The summed E-state index contributed by atoms with van der Waals surface area (Å²) in [6, 6.07) is 28.9. The molecule has 7 nitrogen and oxygen atoms in total. The number of hydrogen-bond acceptors (Lipinski definition) is 7. The van der Waals surface area contributed by atoms with Crippen molar-refractivity contribution >= 4 is 44.0 Å². The number of nitrogens with zero attached hydrogens (tertiary/aromatic N) is 2. The van der Waals surface area contributed by atoms with Crippen LogP contribution in [0.2, 0.25) is 0 Å². The molecule has 0 N–H and O–H groups in total. The van der Waals surface area contributed by atoms with Crippen LogP contribution in [0.5, 0.6) is 23.0 Å². The van der Waals surface area contributed by atoms with E-state index in [1.54, 1.807) is 20.4 Å². The summed E-state index contributed by atoms with van der Waals surface area (Å²) < 4.78 is 30.7. The van der Waals surface area contributed by atoms with Crippen molar-refractivity contribution in [3.8, 4) is 51.5 Å². The molecule has 0 aliphatic rings. The van der Waals surface area contributed by atoms with Gasteiger partial charge < -0.3 is 23.4 Å². The monoisotopic (exact) mass is 714 g/mol. The number of methoxy groups -OCH3 is 2. The fraction of sp³-hybridized carbons (Fsp3) is 0.143. The summed E-state index contributed by atoms with van der Waals surface area (Å²) in [5, 5.41) is 10.3. The molecule has 0 unspecified atom stereocenters. The Labute approximate surface area is 272 Å². The first-order chi connectivity index (χ1) is 21.4. The Morgan fingerprint density at radius 1 is 0.841 bits per heavy atom. The molecule has 5 rings (SSSR count). The molecule has 0 saturated carbocycles. The highest BCUT2D eigenvalue weighted by molar-refractivity contribution is 9.10. The van der Waals surface area contributed by atoms with Crippen LogP contribution in [-0.4, -0.2) is 27.0 Å². The van der Waals surface area contributed by atoms with Crippen molar-refractivity contribution in [1.29, 1.82) is 5.26 Å². The average molecular weight is 716 g/mol. The van der Waals surface area contributed by atoms with Gasteiger partial charge in [-0.1, -0.05) is 40.2 Å². The minimum Gasteiger partial charge on any atom is -0.497 e. The number of nitriles is 1. The second kappa shape index (κ2) is 14.3. The third-order valence-electron chi connectivity index (χ3n) is 6.69. The van der Waals surface area contributed by atoms with E-state index in [0.717, 1.165) is 26.7 Å². The van der Waals surface area contributed by atoms with Gasteiger partial charge in [0.1, 0.15) is 35.5 Å². The van der Waals surface area contributed by atoms with Crippen LogP contribution >= 0.6 is 31.9 Å². The van der Waals surface area contributed by atoms with Gasteiger partial charge in [-0.2, -0.15) is 5.26 Å². The highest BCUT2D eigenvalue weighted by atomic mass is 79.9. The van der Waals surface area contributed by atoms with E-state index >= 15 is 0 Å². The van der Waals surface area contributed by atoms with E-state index < -0.39 is 0 Å². The highest BCUT2D eigenvalue weighted by Crippen LogP contribution is 2.43. The first-order valence-electron chi connectivity index (χ1n) is 13.7. The molecule has 0 bridgehead atoms. The summed E-state index contributed by atoms with van der Waals surface area (Å²) in [7, 11) is 3.22. The number of hydrogen-bond donors (Lipinski definition) is 0. The number of rotatable bonds is 11. The van der Waals surface area contributed by atoms with E-state index in [1.165, 1.54) is 0 Å². The minimum absolute atomic E-state index is 0.189. The highest BCUT2D eigenvalue weighted by Gasteiger charge is 2.23. The SMILES string of the molecule is CCOc1cc(C=Nc2oc(-c3ccc(OC)cc3)c(-c3ccc(OC)cc3)c2C#N)cc(Br)c1OCc1ccc(Br)cc1. The molecular formula is C35H28Br2N2O5. The molecule has 4 aromatic carbocycles. The smallest absolute Gasteiger partial charge is 0.238 e. The van der Waals surface area contributed by atoms with Gasteiger partial charge in [-0.25, -0.2) is 4.99 Å². The summed E-state index contributed by atoms with van der Waals surface area (Å²) in [5.74, 6) is 3.29. The van der Waals surface area contributed by atoms with Crippen LogP contribution in [0, 0.1) is 11.3 Å². The summed E-state index contributed by atoms with van der Waals surface area (Å²) >= 11 is 7.10. The third-order valence-corrected chi connectivity index (χ3v) is 7.81. The van der Waals surface area contributed by atoms with Crippen molar-refractivity contribution in [1.82, 2.24) is 0 Å². The lowest BCUT2D eigenvalue weighted by Gasteiger charge is -2.14. The number of furan rings is 1. The lowest BCUT2D eigenvalue weighted by molar-refractivity contribution is 0.267. The molecule has 0 amide bonds. The van der Waals surface area contributed by atoms with Crippen molar-refractivity contribution < 1.29 is 23.4 Å². The largest absolute Gasteiger partial charge is 0.497 e. The Balaban J connectivity index is 1.52. The summed E-state index contributed by atoms with van der Waals surface area (Å²) in [6.07, 6.45) is 1.64. The number of ether oxygens (including phenoxy) is 4. The normalized spacial score (nSPS) is 10.9. The predicted octanol–water partition coefficient (Wildman–Crippen LogP) is 9.76. The third kappa shape index (κ3) is 6.99. The molecule has 44 heavy (non-hydrogen) atoms. The van der Waals surface area contributed by atoms with Crippen LogP contribution in [0.15, 0.2) is 103 Å². The van der Waals surface area contributed by atoms with Crippen LogP contribution in [-0.2, 0) is 6.61 Å². The molecule has 0 atom stereocenters. The summed E-state index contributed by atoms with van der Waals surface area (Å²) in [4.78, 5) is 4.64. The van der Waals surface area contributed by atoms with E-state index in [4.69, 9.17) is 23.4 Å². The van der Waals surface area contributed by atoms with Crippen LogP contribution in [0.4, 0.5) is 5.88 Å². The molecule has 0 aliphatic carbocycles. The summed E-state index contributed by atoms with van der Waals surface area (Å²) in [6.45, 7) is 2.74. The van der Waals surface area contributed by atoms with E-state index in [-0.39, 0.29) is 5.88 Å². The molecule has 9 heteroatoms. The Bertz CT molecular complexity index is 1810. The first kappa shape index (κ1) is 30.9. The van der Waals surface area contributed by atoms with Gasteiger partial charge in [-0.05, 0) is 100 Å². The second-order valence-electron chi connectivity index (χ2n) is 9.49. The summed E-state index contributed by atoms with van der Waals surface area (Å²) in [5.41, 5.74) is 4.29. The van der Waals surface area contributed by atoms with Gasteiger partial charge in [-0.3, -0.25) is 0 Å². The number of halogens is 2. The zero-order valence-corrected chi connectivity index (χ0v) is 27.4. The van der Waals surface area contributed by atoms with E-state index in [0.29, 0.717) is 57.6 Å². The molecule has 0 radical (unpaired) electrons. The van der Waals surface area contributed by atoms with Crippen molar-refractivity contribution in [3.05, 3.63) is 111 Å². The van der Waals surface area contributed by atoms with Crippen molar-refractivity contribution in [2.24, 2.45) is 4.99 Å². The lowest BCUT2D eigenvalue weighted by Crippen LogP contribution is -2.01. The minimum atomic E-state index is 0.189. The van der Waals surface area contributed by atoms with Crippen LogP contribution in [0.1, 0.15) is 23.6 Å². The van der Waals surface area contributed by atoms with Crippen molar-refractivity contribution in [3.63, 3.8) is 0 Å². The lowest BCUT2D eigenvalue weighted by atomic mass is 9.98. The van der Waals surface area contributed by atoms with Gasteiger partial charge in [0.05, 0.1) is 25.3 Å². The standard InChI is InChI=1S/C35H28Br2N2O5/c1-4-42-31-18-23(17-30(37)34(31)43-21-22-5-11-26(36)12-6-22)20-39-35-29(19-38)32(24-7-13-27(40-2)14-8-24)33(44-35)25-9-15-28(41-3)16-10-25/h5-18,20H,4,21H2,1-3H3. The number of benzene rings is 4. The van der Waals surface area contributed by atoms with E-state index in [1.807, 2.05) is 91.9 Å². The molecule has 222 valence electrons. The van der Waals surface area contributed by atoms with Gasteiger partial charge in [0.15, 0.2) is 11.5 Å². The zero-order valence-electron chi connectivity index (χ0n) is 24.3. The maximum absolute atomic E-state index is 10.3. The Hall–Kier alpha value is -4.52. The maximum Gasteiger partial charge on any atom is 0.238 e. The fourth-order valence-electron chi connectivity index (χ4n) is 4.53. The van der Waals surface area contributed by atoms with E-state index in [2.05, 4.69) is 42.9 Å². The van der Waals surface area contributed by atoms with Gasteiger partial charge in [0.2, 0.25) is 5.88 Å². The quantitative estimate of drug-likeness (QED) is 0.127. The molecule has 1 heterocycles. The Morgan fingerprint density at radius 3 is 2.07 bits per heavy atom. The van der Waals surface area contributed by atoms with Gasteiger partial charge in [0.25, 0.3) is 0 Å². The van der Waals surface area contributed by atoms with Gasteiger partial charge in [-0.15, -0.1) is 0 Å². The van der Waals surface area contributed by atoms with Crippen molar-refractivity contribution in [2.45, 2.75) is 13.5 Å². The molecule has 0 spiro atoms. The van der Waals surface area contributed by atoms with Crippen LogP contribution in [0.25, 0.3) is 22.5 Å². The second-order valence-corrected chi connectivity index (χ2v) is 11.3. The van der Waals surface area contributed by atoms with Crippen molar-refractivity contribution in [2.75, 3.05) is 20.8 Å². The first-order valence-corrected chi connectivity index (χ1v) is 15.3. The molecule has 0 saturated heterocycles. The predicted molar refractivity (Wildman–Crippen MR) is 178 cm³/mol. The molecule has 5 aromatic rings. The topological polar surface area (TPSA) is 86.2 Å². The average Bonchev–Trinajstić information content (AvgIpc) is 3.43. The molecule has 0 fully saturated rings. The Morgan fingerprint density at radius 2 is 1.48 bits per heavy atom. The molecular weight excluding hydrogens is 688 g/mol. The van der Waals surface area contributed by atoms with Gasteiger partial charge >= 0.3 is 0 Å². The number of aliphatic imine (C=N–C) groups is 1. The zero-order chi connectivity index (χ0) is 31.1. The van der Waals surface area contributed by atoms with Crippen LogP contribution in [0.3, 0.4) is 0 Å². The van der Waals surface area contributed by atoms with Crippen LogP contribution < -0.4 is 18.9 Å². The maximum atomic E-state index is 10.3. The molecule has 0 aliphatic heterocycles. The molecule has 1 aromatic heterocycles. The van der Waals surface area contributed by atoms with Gasteiger partial charge in [0, 0.05) is 21.8 Å².